The van der Waals surface area contributed by atoms with Crippen LogP contribution in [-0.2, 0) is 9.59 Å². The lowest BCUT2D eigenvalue weighted by molar-refractivity contribution is -0.134. The summed E-state index contributed by atoms with van der Waals surface area (Å²) in [4.78, 5) is 26.0. The quantitative estimate of drug-likeness (QED) is 0.809. The third kappa shape index (κ3) is 2.85. The summed E-state index contributed by atoms with van der Waals surface area (Å²) >= 11 is 0. The Kier molecular flexibility index (Phi) is 3.93. The molecule has 1 saturated heterocycles. The fourth-order valence-electron chi connectivity index (χ4n) is 2.74. The number of hydrogen-bond donors (Lipinski definition) is 1. The van der Waals surface area contributed by atoms with E-state index in [2.05, 4.69) is 12.2 Å². The monoisotopic (exact) mass is 252 g/mol. The normalized spacial score (nSPS) is 26.8. The van der Waals surface area contributed by atoms with E-state index in [1.165, 1.54) is 12.8 Å². The molecule has 102 valence electrons. The van der Waals surface area contributed by atoms with E-state index in [0.717, 1.165) is 25.8 Å². The molecule has 0 bridgehead atoms. The van der Waals surface area contributed by atoms with Crippen molar-refractivity contribution in [3.63, 3.8) is 0 Å². The fraction of sp³-hybridized carbons (Fsp3) is 0.857. The predicted molar refractivity (Wildman–Crippen MR) is 70.0 cm³/mol. The Morgan fingerprint density at radius 3 is 2.61 bits per heavy atom. The lowest BCUT2D eigenvalue weighted by atomic mass is 10.0. The van der Waals surface area contributed by atoms with E-state index in [1.807, 2.05) is 11.8 Å². The number of carbonyl (C=O) groups excluding carboxylic acids is 2. The molecule has 0 radical (unpaired) electrons. The van der Waals surface area contributed by atoms with Crippen LogP contribution in [0.2, 0.25) is 0 Å². The molecule has 0 aromatic rings. The van der Waals surface area contributed by atoms with Gasteiger partial charge in [0.1, 0.15) is 6.04 Å². The number of nitrogens with zero attached hydrogens (tertiary/aromatic N) is 1. The van der Waals surface area contributed by atoms with Crippen LogP contribution in [-0.4, -0.2) is 35.8 Å². The standard InChI is InChI=1S/C14H24N2O2/c1-3-5-11-13(18)16(9-6-12(17)15-11)10-14(4-2)7-8-14/h11H,3-10H2,1-2H3,(H,15,17). The van der Waals surface area contributed by atoms with Crippen LogP contribution in [0.5, 0.6) is 0 Å². The molecule has 4 heteroatoms. The Bertz CT molecular complexity index is 337. The minimum absolute atomic E-state index is 0.0191. The zero-order valence-electron chi connectivity index (χ0n) is 11.5. The summed E-state index contributed by atoms with van der Waals surface area (Å²) in [6.45, 7) is 5.68. The van der Waals surface area contributed by atoms with Crippen LogP contribution < -0.4 is 5.32 Å². The van der Waals surface area contributed by atoms with E-state index < -0.39 is 0 Å². The molecule has 1 heterocycles. The molecule has 4 nitrogen and oxygen atoms in total. The second-order valence-electron chi connectivity index (χ2n) is 5.77. The van der Waals surface area contributed by atoms with Crippen molar-refractivity contribution < 1.29 is 9.59 Å². The van der Waals surface area contributed by atoms with E-state index in [9.17, 15) is 9.59 Å². The average molecular weight is 252 g/mol. The van der Waals surface area contributed by atoms with E-state index in [1.54, 1.807) is 0 Å². The molecule has 2 amide bonds. The topological polar surface area (TPSA) is 49.4 Å². The first-order chi connectivity index (χ1) is 8.60. The van der Waals surface area contributed by atoms with Gasteiger partial charge in [-0.1, -0.05) is 20.3 Å². The predicted octanol–water partition coefficient (Wildman–Crippen LogP) is 1.69. The Balaban J connectivity index is 2.04. The number of nitrogens with one attached hydrogen (secondary N) is 1. The Morgan fingerprint density at radius 2 is 2.06 bits per heavy atom. The molecule has 1 aliphatic carbocycles. The number of amides is 2. The molecule has 1 N–H and O–H groups in total. The van der Waals surface area contributed by atoms with Crippen molar-refractivity contribution in [2.45, 2.75) is 58.4 Å². The van der Waals surface area contributed by atoms with Gasteiger partial charge < -0.3 is 10.2 Å². The summed E-state index contributed by atoms with van der Waals surface area (Å²) < 4.78 is 0. The summed E-state index contributed by atoms with van der Waals surface area (Å²) in [7, 11) is 0. The Hall–Kier alpha value is -1.06. The van der Waals surface area contributed by atoms with Crippen LogP contribution in [0.25, 0.3) is 0 Å². The largest absolute Gasteiger partial charge is 0.344 e. The zero-order chi connectivity index (χ0) is 13.2. The molecule has 18 heavy (non-hydrogen) atoms. The summed E-state index contributed by atoms with van der Waals surface area (Å²) in [6.07, 6.45) is 5.71. The highest BCUT2D eigenvalue weighted by Gasteiger charge is 2.44. The van der Waals surface area contributed by atoms with Gasteiger partial charge in [-0.05, 0) is 31.1 Å². The average Bonchev–Trinajstić information content (AvgIpc) is 3.14. The SMILES string of the molecule is CCCC1NC(=O)CCN(CC2(CC)CC2)C1=O. The van der Waals surface area contributed by atoms with Gasteiger partial charge in [-0.3, -0.25) is 9.59 Å². The van der Waals surface area contributed by atoms with E-state index in [4.69, 9.17) is 0 Å². The maximum absolute atomic E-state index is 12.4. The molecule has 2 aliphatic rings. The van der Waals surface area contributed by atoms with Crippen molar-refractivity contribution in [1.29, 1.82) is 0 Å². The molecule has 1 atom stereocenters. The van der Waals surface area contributed by atoms with E-state index >= 15 is 0 Å². The Morgan fingerprint density at radius 1 is 1.33 bits per heavy atom. The fourth-order valence-corrected chi connectivity index (χ4v) is 2.74. The molecule has 0 spiro atoms. The van der Waals surface area contributed by atoms with Gasteiger partial charge in [0.25, 0.3) is 0 Å². The second kappa shape index (κ2) is 5.29. The molecule has 0 aromatic carbocycles. The maximum atomic E-state index is 12.4. The Labute approximate surface area is 109 Å². The first-order valence-electron chi connectivity index (χ1n) is 7.18. The third-order valence-electron chi connectivity index (χ3n) is 4.36. The van der Waals surface area contributed by atoms with Gasteiger partial charge in [0, 0.05) is 19.5 Å². The van der Waals surface area contributed by atoms with Crippen LogP contribution in [0.4, 0.5) is 0 Å². The van der Waals surface area contributed by atoms with Crippen molar-refractivity contribution in [2.75, 3.05) is 13.1 Å². The second-order valence-corrected chi connectivity index (χ2v) is 5.77. The van der Waals surface area contributed by atoms with Crippen molar-refractivity contribution in [2.24, 2.45) is 5.41 Å². The highest BCUT2D eigenvalue weighted by Crippen LogP contribution is 2.49. The molecule has 1 saturated carbocycles. The van der Waals surface area contributed by atoms with E-state index in [0.29, 0.717) is 18.4 Å². The number of rotatable bonds is 5. The van der Waals surface area contributed by atoms with Crippen molar-refractivity contribution in [3.8, 4) is 0 Å². The van der Waals surface area contributed by atoms with Gasteiger partial charge in [0.15, 0.2) is 0 Å². The van der Waals surface area contributed by atoms with Gasteiger partial charge in [0.05, 0.1) is 0 Å². The van der Waals surface area contributed by atoms with Crippen LogP contribution in [0.15, 0.2) is 0 Å². The molecule has 2 rings (SSSR count). The van der Waals surface area contributed by atoms with Crippen LogP contribution in [0, 0.1) is 5.41 Å². The van der Waals surface area contributed by atoms with Crippen molar-refractivity contribution >= 4 is 11.8 Å². The van der Waals surface area contributed by atoms with Gasteiger partial charge in [-0.2, -0.15) is 0 Å². The summed E-state index contributed by atoms with van der Waals surface area (Å²) in [6, 6.07) is -0.294. The van der Waals surface area contributed by atoms with Gasteiger partial charge in [-0.15, -0.1) is 0 Å². The molecule has 0 aromatic heterocycles. The molecular formula is C14H24N2O2. The molecular weight excluding hydrogens is 228 g/mol. The first kappa shape index (κ1) is 13.4. The smallest absolute Gasteiger partial charge is 0.245 e. The highest BCUT2D eigenvalue weighted by atomic mass is 16.2. The maximum Gasteiger partial charge on any atom is 0.245 e. The summed E-state index contributed by atoms with van der Waals surface area (Å²) in [5, 5.41) is 2.85. The van der Waals surface area contributed by atoms with Gasteiger partial charge >= 0.3 is 0 Å². The van der Waals surface area contributed by atoms with E-state index in [-0.39, 0.29) is 17.9 Å². The molecule has 1 aliphatic heterocycles. The minimum atomic E-state index is -0.294. The van der Waals surface area contributed by atoms with Gasteiger partial charge in [0.2, 0.25) is 11.8 Å². The van der Waals surface area contributed by atoms with Crippen molar-refractivity contribution in [1.82, 2.24) is 10.2 Å². The zero-order valence-corrected chi connectivity index (χ0v) is 11.5. The lowest BCUT2D eigenvalue weighted by Crippen LogP contribution is -2.46. The number of carbonyl (C=O) groups is 2. The highest BCUT2D eigenvalue weighted by molar-refractivity contribution is 5.89. The van der Waals surface area contributed by atoms with Gasteiger partial charge in [-0.25, -0.2) is 0 Å². The molecule has 2 fully saturated rings. The first-order valence-corrected chi connectivity index (χ1v) is 7.18. The molecule has 1 unspecified atom stereocenters. The van der Waals surface area contributed by atoms with Crippen molar-refractivity contribution in [3.05, 3.63) is 0 Å². The summed E-state index contributed by atoms with van der Waals surface area (Å²) in [5.74, 6) is 0.146. The lowest BCUT2D eigenvalue weighted by Gasteiger charge is -2.27. The number of hydrogen-bond acceptors (Lipinski definition) is 2. The van der Waals surface area contributed by atoms with Crippen LogP contribution in [0.3, 0.4) is 0 Å². The van der Waals surface area contributed by atoms with Crippen LogP contribution >= 0.6 is 0 Å². The minimum Gasteiger partial charge on any atom is -0.344 e. The van der Waals surface area contributed by atoms with Crippen LogP contribution in [0.1, 0.15) is 52.4 Å². The summed E-state index contributed by atoms with van der Waals surface area (Å²) in [5.41, 5.74) is 0.361. The third-order valence-corrected chi connectivity index (χ3v) is 4.36.